The van der Waals surface area contributed by atoms with E-state index < -0.39 is 10.0 Å². The van der Waals surface area contributed by atoms with Crippen LogP contribution in [0.15, 0.2) is 90.0 Å². The van der Waals surface area contributed by atoms with Crippen LogP contribution in [0, 0.1) is 0 Å². The maximum Gasteiger partial charge on any atom is 0.261 e. The van der Waals surface area contributed by atoms with Crippen molar-refractivity contribution >= 4 is 38.2 Å². The van der Waals surface area contributed by atoms with Crippen molar-refractivity contribution in [2.45, 2.75) is 11.3 Å². The predicted octanol–water partition coefficient (Wildman–Crippen LogP) is 4.15. The van der Waals surface area contributed by atoms with E-state index in [0.29, 0.717) is 11.4 Å². The van der Waals surface area contributed by atoms with Crippen LogP contribution in [0.1, 0.15) is 5.56 Å². The molecule has 0 aliphatic carbocycles. The number of rotatable bonds is 6. The highest BCUT2D eigenvalue weighted by Gasteiger charge is 2.14. The Kier molecular flexibility index (Phi) is 5.05. The number of para-hydroxylation sites is 2. The van der Waals surface area contributed by atoms with Crippen LogP contribution in [0.3, 0.4) is 0 Å². The second-order valence-corrected chi connectivity index (χ2v) is 8.26. The molecule has 0 atom stereocenters. The first kappa shape index (κ1) is 18.8. The Morgan fingerprint density at radius 1 is 0.828 bits per heavy atom. The van der Waals surface area contributed by atoms with Gasteiger partial charge in [-0.15, -0.1) is 0 Å². The third-order valence-electron chi connectivity index (χ3n) is 4.50. The molecule has 1 amide bonds. The number of aromatic nitrogens is 1. The van der Waals surface area contributed by atoms with Crippen LogP contribution in [-0.4, -0.2) is 19.3 Å². The average molecular weight is 405 g/mol. The van der Waals surface area contributed by atoms with Crippen LogP contribution in [0.4, 0.5) is 11.4 Å². The molecule has 29 heavy (non-hydrogen) atoms. The van der Waals surface area contributed by atoms with Crippen LogP contribution in [-0.2, 0) is 21.2 Å². The highest BCUT2D eigenvalue weighted by atomic mass is 32.2. The highest BCUT2D eigenvalue weighted by molar-refractivity contribution is 7.92. The van der Waals surface area contributed by atoms with Crippen LogP contribution in [0.25, 0.3) is 10.9 Å². The lowest BCUT2D eigenvalue weighted by Gasteiger charge is -2.09. The molecule has 6 nitrogen and oxygen atoms in total. The second-order valence-electron chi connectivity index (χ2n) is 6.58. The normalized spacial score (nSPS) is 11.3. The average Bonchev–Trinajstić information content (AvgIpc) is 3.12. The Balaban J connectivity index is 1.43. The fourth-order valence-corrected chi connectivity index (χ4v) is 4.15. The maximum atomic E-state index is 12.5. The number of benzene rings is 3. The lowest BCUT2D eigenvalue weighted by molar-refractivity contribution is -0.115. The van der Waals surface area contributed by atoms with Crippen LogP contribution < -0.4 is 10.0 Å². The number of anilines is 2. The van der Waals surface area contributed by atoms with E-state index in [0.717, 1.165) is 16.5 Å². The number of carbonyl (C=O) groups is 1. The molecule has 4 rings (SSSR count). The fraction of sp³-hybridized carbons (Fsp3) is 0.0455. The summed E-state index contributed by atoms with van der Waals surface area (Å²) < 4.78 is 27.5. The molecule has 1 aromatic heterocycles. The minimum Gasteiger partial charge on any atom is -0.361 e. The summed E-state index contributed by atoms with van der Waals surface area (Å²) in [6.45, 7) is 0. The summed E-state index contributed by atoms with van der Waals surface area (Å²) in [5, 5.41) is 3.82. The van der Waals surface area contributed by atoms with Gasteiger partial charge in [0, 0.05) is 28.5 Å². The molecule has 0 saturated heterocycles. The van der Waals surface area contributed by atoms with Crippen LogP contribution in [0.5, 0.6) is 0 Å². The molecule has 0 radical (unpaired) electrons. The van der Waals surface area contributed by atoms with Crippen molar-refractivity contribution in [2.75, 3.05) is 10.0 Å². The predicted molar refractivity (Wildman–Crippen MR) is 114 cm³/mol. The quantitative estimate of drug-likeness (QED) is 0.450. The van der Waals surface area contributed by atoms with Crippen molar-refractivity contribution in [3.63, 3.8) is 0 Å². The molecule has 3 N–H and O–H groups in total. The Morgan fingerprint density at radius 3 is 2.28 bits per heavy atom. The highest BCUT2D eigenvalue weighted by Crippen LogP contribution is 2.20. The Morgan fingerprint density at radius 2 is 1.52 bits per heavy atom. The number of aromatic amines is 1. The van der Waals surface area contributed by atoms with E-state index in [9.17, 15) is 13.2 Å². The number of carbonyl (C=O) groups excluding carboxylic acids is 1. The topological polar surface area (TPSA) is 91.1 Å². The van der Waals surface area contributed by atoms with Gasteiger partial charge < -0.3 is 10.3 Å². The van der Waals surface area contributed by atoms with E-state index in [-0.39, 0.29) is 17.2 Å². The zero-order valence-corrected chi connectivity index (χ0v) is 16.2. The van der Waals surface area contributed by atoms with E-state index in [4.69, 9.17) is 0 Å². The summed E-state index contributed by atoms with van der Waals surface area (Å²) >= 11 is 0. The van der Waals surface area contributed by atoms with Gasteiger partial charge in [0.05, 0.1) is 11.3 Å². The van der Waals surface area contributed by atoms with Crippen molar-refractivity contribution in [1.82, 2.24) is 4.98 Å². The molecule has 0 aliphatic heterocycles. The molecule has 0 fully saturated rings. The van der Waals surface area contributed by atoms with Gasteiger partial charge in [0.25, 0.3) is 10.0 Å². The van der Waals surface area contributed by atoms with E-state index in [1.165, 1.54) is 12.1 Å². The Bertz CT molecular complexity index is 1250. The molecule has 0 bridgehead atoms. The van der Waals surface area contributed by atoms with Gasteiger partial charge in [-0.2, -0.15) is 0 Å². The third-order valence-corrected chi connectivity index (χ3v) is 5.90. The number of H-pyrrole nitrogens is 1. The number of sulfonamides is 1. The fourth-order valence-electron chi connectivity index (χ4n) is 3.09. The first-order valence-electron chi connectivity index (χ1n) is 9.04. The summed E-state index contributed by atoms with van der Waals surface area (Å²) in [5.74, 6) is -0.173. The second kappa shape index (κ2) is 7.81. The minimum atomic E-state index is -3.69. The zero-order valence-electron chi connectivity index (χ0n) is 15.4. The molecule has 0 spiro atoms. The first-order chi connectivity index (χ1) is 14.0. The number of amides is 1. The van der Waals surface area contributed by atoms with Crippen molar-refractivity contribution in [3.05, 3.63) is 90.6 Å². The van der Waals surface area contributed by atoms with E-state index in [1.807, 2.05) is 36.5 Å². The summed E-state index contributed by atoms with van der Waals surface area (Å²) in [6.07, 6.45) is 2.05. The maximum absolute atomic E-state index is 12.5. The van der Waals surface area contributed by atoms with Gasteiger partial charge in [-0.1, -0.05) is 36.4 Å². The third kappa shape index (κ3) is 4.30. The van der Waals surface area contributed by atoms with Gasteiger partial charge in [0.1, 0.15) is 0 Å². The molecule has 0 saturated carbocycles. The Labute approximate surface area is 168 Å². The zero-order chi connectivity index (χ0) is 20.3. The molecular weight excluding hydrogens is 386 g/mol. The lowest BCUT2D eigenvalue weighted by atomic mass is 10.1. The smallest absolute Gasteiger partial charge is 0.261 e. The van der Waals surface area contributed by atoms with Gasteiger partial charge in [0.15, 0.2) is 0 Å². The van der Waals surface area contributed by atoms with E-state index in [2.05, 4.69) is 15.0 Å². The molecule has 0 aliphatic rings. The first-order valence-corrected chi connectivity index (χ1v) is 10.5. The van der Waals surface area contributed by atoms with Crippen molar-refractivity contribution in [2.24, 2.45) is 0 Å². The van der Waals surface area contributed by atoms with Gasteiger partial charge >= 0.3 is 0 Å². The number of hydrogen-bond donors (Lipinski definition) is 3. The lowest BCUT2D eigenvalue weighted by Crippen LogP contribution is -2.15. The standard InChI is InChI=1S/C22H19N3O3S/c26-22(14-16-15-23-21-9-5-4-8-20(16)21)24-17-10-12-19(13-11-17)29(27,28)25-18-6-2-1-3-7-18/h1-13,15,23,25H,14H2,(H,24,26). The van der Waals surface area contributed by atoms with Gasteiger partial charge in [-0.05, 0) is 48.0 Å². The molecular formula is C22H19N3O3S. The SMILES string of the molecule is O=C(Cc1c[nH]c2ccccc12)Nc1ccc(S(=O)(=O)Nc2ccccc2)cc1. The monoisotopic (exact) mass is 405 g/mol. The summed E-state index contributed by atoms with van der Waals surface area (Å²) in [6, 6.07) is 22.5. The van der Waals surface area contributed by atoms with Gasteiger partial charge in [0.2, 0.25) is 5.91 Å². The minimum absolute atomic E-state index is 0.121. The summed E-state index contributed by atoms with van der Waals surface area (Å²) in [5.41, 5.74) is 2.91. The van der Waals surface area contributed by atoms with E-state index >= 15 is 0 Å². The van der Waals surface area contributed by atoms with Gasteiger partial charge in [-0.3, -0.25) is 9.52 Å². The van der Waals surface area contributed by atoms with Crippen LogP contribution in [0.2, 0.25) is 0 Å². The number of fused-ring (bicyclic) bond motifs is 1. The molecule has 7 heteroatoms. The molecule has 3 aromatic carbocycles. The molecule has 146 valence electrons. The number of nitrogens with one attached hydrogen (secondary N) is 3. The van der Waals surface area contributed by atoms with Gasteiger partial charge in [-0.25, -0.2) is 8.42 Å². The molecule has 0 unspecified atom stereocenters. The van der Waals surface area contributed by atoms with E-state index in [1.54, 1.807) is 36.4 Å². The van der Waals surface area contributed by atoms with Crippen LogP contribution >= 0.6 is 0 Å². The summed E-state index contributed by atoms with van der Waals surface area (Å²) in [7, 11) is -3.69. The largest absolute Gasteiger partial charge is 0.361 e. The molecule has 1 heterocycles. The van der Waals surface area contributed by atoms with Crippen molar-refractivity contribution in [1.29, 1.82) is 0 Å². The van der Waals surface area contributed by atoms with Crippen molar-refractivity contribution in [3.8, 4) is 0 Å². The summed E-state index contributed by atoms with van der Waals surface area (Å²) in [4.78, 5) is 15.7. The van der Waals surface area contributed by atoms with Crippen molar-refractivity contribution < 1.29 is 13.2 Å². The Hall–Kier alpha value is -3.58. The number of hydrogen-bond acceptors (Lipinski definition) is 3. The molecule has 4 aromatic rings.